The second kappa shape index (κ2) is 8.18. The summed E-state index contributed by atoms with van der Waals surface area (Å²) in [6, 6.07) is 11.3. The Morgan fingerprint density at radius 2 is 1.61 bits per heavy atom. The van der Waals surface area contributed by atoms with Gasteiger partial charge in [-0.3, -0.25) is 9.45 Å². The Hall–Kier alpha value is -2.55. The predicted molar refractivity (Wildman–Crippen MR) is 124 cm³/mol. The minimum atomic E-state index is -3.67. The highest BCUT2D eigenvalue weighted by Crippen LogP contribution is 2.43. The summed E-state index contributed by atoms with van der Waals surface area (Å²) in [4.78, 5) is 2.64. The van der Waals surface area contributed by atoms with Crippen LogP contribution in [0.5, 0.6) is 11.5 Å². The maximum atomic E-state index is 9.19. The Labute approximate surface area is 182 Å². The molecule has 0 aromatic heterocycles. The van der Waals surface area contributed by atoms with Crippen molar-refractivity contribution in [3.8, 4) is 11.5 Å². The standard InChI is InChI=1S/C22H24N2O2.CH4O3S/c1-25-21-10-18-16-8-13(23)5-6-15(16)17-9-14-4-3-7-24(14)12-20(17)19(18)11-22(21)26-2;1-5(2,3)4/h5-6,8,10-11,14H,3-4,7,9,12,23H2,1-2H3;1H3,(H,2,3,4)/t14-;/m0./s1. The van der Waals surface area contributed by atoms with Crippen molar-refractivity contribution >= 4 is 37.4 Å². The van der Waals surface area contributed by atoms with Gasteiger partial charge in [0.2, 0.25) is 0 Å². The minimum absolute atomic E-state index is 0.681. The third-order valence-corrected chi connectivity index (χ3v) is 6.17. The number of nitrogens with two attached hydrogens (primary N) is 1. The van der Waals surface area contributed by atoms with Crippen LogP contribution in [0.3, 0.4) is 0 Å². The van der Waals surface area contributed by atoms with Gasteiger partial charge in [0.15, 0.2) is 11.5 Å². The molecule has 5 rings (SSSR count). The number of methoxy groups -OCH3 is 2. The Balaban J connectivity index is 0.000000418. The van der Waals surface area contributed by atoms with E-state index >= 15 is 0 Å². The summed E-state index contributed by atoms with van der Waals surface area (Å²) >= 11 is 0. The molecule has 0 spiro atoms. The molecule has 2 aliphatic rings. The van der Waals surface area contributed by atoms with Crippen LogP contribution in [0.2, 0.25) is 0 Å². The summed E-state index contributed by atoms with van der Waals surface area (Å²) in [5, 5.41) is 5.01. The van der Waals surface area contributed by atoms with E-state index in [0.717, 1.165) is 30.2 Å². The Morgan fingerprint density at radius 3 is 2.26 bits per heavy atom. The summed E-state index contributed by atoms with van der Waals surface area (Å²) in [6.07, 6.45) is 4.45. The smallest absolute Gasteiger partial charge is 0.261 e. The molecule has 2 aliphatic heterocycles. The fourth-order valence-electron chi connectivity index (χ4n) is 4.91. The average Bonchev–Trinajstić information content (AvgIpc) is 3.17. The van der Waals surface area contributed by atoms with Crippen molar-refractivity contribution in [3.63, 3.8) is 0 Å². The molecule has 3 aromatic carbocycles. The van der Waals surface area contributed by atoms with E-state index in [1.54, 1.807) is 14.2 Å². The zero-order chi connectivity index (χ0) is 22.3. The van der Waals surface area contributed by atoms with Crippen molar-refractivity contribution in [3.05, 3.63) is 41.5 Å². The van der Waals surface area contributed by atoms with E-state index in [1.165, 1.54) is 52.1 Å². The largest absolute Gasteiger partial charge is 0.493 e. The number of benzene rings is 3. The molecule has 166 valence electrons. The number of ether oxygens (including phenoxy) is 2. The first kappa shape index (κ1) is 21.7. The van der Waals surface area contributed by atoms with E-state index < -0.39 is 10.1 Å². The third kappa shape index (κ3) is 4.28. The number of anilines is 1. The lowest BCUT2D eigenvalue weighted by atomic mass is 9.85. The van der Waals surface area contributed by atoms with Gasteiger partial charge in [0.1, 0.15) is 0 Å². The maximum Gasteiger partial charge on any atom is 0.261 e. The van der Waals surface area contributed by atoms with Crippen LogP contribution in [-0.4, -0.2) is 50.9 Å². The second-order valence-electron chi connectivity index (χ2n) is 8.22. The molecule has 0 unspecified atom stereocenters. The van der Waals surface area contributed by atoms with E-state index in [2.05, 4.69) is 29.2 Å². The molecule has 31 heavy (non-hydrogen) atoms. The lowest BCUT2D eigenvalue weighted by Crippen LogP contribution is -2.35. The molecule has 1 atom stereocenters. The second-order valence-corrected chi connectivity index (χ2v) is 9.68. The number of nitrogens with zero attached hydrogens (tertiary/aromatic N) is 1. The molecule has 7 nitrogen and oxygen atoms in total. The molecule has 0 saturated carbocycles. The van der Waals surface area contributed by atoms with Gasteiger partial charge in [0, 0.05) is 18.3 Å². The van der Waals surface area contributed by atoms with E-state index in [-0.39, 0.29) is 0 Å². The van der Waals surface area contributed by atoms with Crippen LogP contribution in [0.4, 0.5) is 5.69 Å². The monoisotopic (exact) mass is 444 g/mol. The quantitative estimate of drug-likeness (QED) is 0.354. The Morgan fingerprint density at radius 1 is 1.00 bits per heavy atom. The molecule has 3 aromatic rings. The number of nitrogen functional groups attached to an aromatic ring is 1. The van der Waals surface area contributed by atoms with Crippen LogP contribution in [0.1, 0.15) is 24.0 Å². The van der Waals surface area contributed by atoms with Gasteiger partial charge in [0.25, 0.3) is 10.1 Å². The molecular weight excluding hydrogens is 416 g/mol. The van der Waals surface area contributed by atoms with E-state index in [0.29, 0.717) is 12.3 Å². The first-order valence-electron chi connectivity index (χ1n) is 10.2. The fourth-order valence-corrected chi connectivity index (χ4v) is 4.91. The third-order valence-electron chi connectivity index (χ3n) is 6.17. The fraction of sp³-hybridized carbons (Fsp3) is 0.391. The van der Waals surface area contributed by atoms with Crippen LogP contribution in [0.25, 0.3) is 21.5 Å². The summed E-state index contributed by atoms with van der Waals surface area (Å²) in [5.41, 5.74) is 9.87. The molecule has 1 saturated heterocycles. The first-order valence-corrected chi connectivity index (χ1v) is 12.1. The van der Waals surface area contributed by atoms with Crippen LogP contribution >= 0.6 is 0 Å². The first-order chi connectivity index (χ1) is 14.7. The van der Waals surface area contributed by atoms with Gasteiger partial charge in [-0.1, -0.05) is 6.07 Å². The van der Waals surface area contributed by atoms with Crippen molar-refractivity contribution in [2.24, 2.45) is 0 Å². The van der Waals surface area contributed by atoms with Gasteiger partial charge in [-0.15, -0.1) is 0 Å². The SMILES string of the molecule is COc1cc2c3c(c4ccc(N)cc4c2cc1OC)C[C@@H]1CCCN1C3.CS(=O)(=O)O. The van der Waals surface area contributed by atoms with Gasteiger partial charge in [-0.25, -0.2) is 0 Å². The zero-order valence-electron chi connectivity index (χ0n) is 18.0. The van der Waals surface area contributed by atoms with Crippen molar-refractivity contribution in [1.29, 1.82) is 0 Å². The molecule has 0 bridgehead atoms. The molecular formula is C23H28N2O5S. The van der Waals surface area contributed by atoms with Crippen molar-refractivity contribution in [2.45, 2.75) is 31.8 Å². The molecule has 0 radical (unpaired) electrons. The summed E-state index contributed by atoms with van der Waals surface area (Å²) in [6.45, 7) is 2.23. The highest BCUT2D eigenvalue weighted by molar-refractivity contribution is 7.85. The maximum absolute atomic E-state index is 9.19. The van der Waals surface area contributed by atoms with Crippen molar-refractivity contribution < 1.29 is 22.4 Å². The van der Waals surface area contributed by atoms with Crippen LogP contribution in [0.15, 0.2) is 30.3 Å². The summed E-state index contributed by atoms with van der Waals surface area (Å²) in [7, 11) is -0.279. The predicted octanol–water partition coefficient (Wildman–Crippen LogP) is 3.62. The van der Waals surface area contributed by atoms with Gasteiger partial charge in [-0.2, -0.15) is 8.42 Å². The van der Waals surface area contributed by atoms with E-state index in [4.69, 9.17) is 19.8 Å². The zero-order valence-corrected chi connectivity index (χ0v) is 18.8. The number of rotatable bonds is 2. The van der Waals surface area contributed by atoms with Crippen LogP contribution < -0.4 is 15.2 Å². The Kier molecular flexibility index (Phi) is 5.72. The van der Waals surface area contributed by atoms with Crippen molar-refractivity contribution in [2.75, 3.05) is 32.8 Å². The molecule has 8 heteroatoms. The lowest BCUT2D eigenvalue weighted by molar-refractivity contribution is 0.229. The molecule has 2 heterocycles. The molecule has 0 amide bonds. The number of hydrogen-bond donors (Lipinski definition) is 2. The topological polar surface area (TPSA) is 102 Å². The highest BCUT2D eigenvalue weighted by Gasteiger charge is 2.32. The van der Waals surface area contributed by atoms with E-state index in [9.17, 15) is 8.42 Å². The summed E-state index contributed by atoms with van der Waals surface area (Å²) in [5.74, 6) is 1.55. The lowest BCUT2D eigenvalue weighted by Gasteiger charge is -2.33. The van der Waals surface area contributed by atoms with Crippen LogP contribution in [0, 0.1) is 0 Å². The van der Waals surface area contributed by atoms with Gasteiger partial charge >= 0.3 is 0 Å². The summed E-state index contributed by atoms with van der Waals surface area (Å²) < 4.78 is 37.0. The van der Waals surface area contributed by atoms with Gasteiger partial charge < -0.3 is 15.2 Å². The highest BCUT2D eigenvalue weighted by atomic mass is 32.2. The van der Waals surface area contributed by atoms with Crippen LogP contribution in [-0.2, 0) is 23.1 Å². The molecule has 1 fully saturated rings. The Bertz CT molecular complexity index is 1250. The number of hydrogen-bond acceptors (Lipinski definition) is 6. The van der Waals surface area contributed by atoms with E-state index in [1.807, 2.05) is 6.07 Å². The molecule has 0 aliphatic carbocycles. The molecule has 3 N–H and O–H groups in total. The van der Waals surface area contributed by atoms with Gasteiger partial charge in [-0.05, 0) is 82.7 Å². The number of fused-ring (bicyclic) bond motifs is 7. The van der Waals surface area contributed by atoms with Crippen molar-refractivity contribution in [1.82, 2.24) is 4.90 Å². The normalized spacial score (nSPS) is 18.3. The minimum Gasteiger partial charge on any atom is -0.493 e. The van der Waals surface area contributed by atoms with Gasteiger partial charge in [0.05, 0.1) is 20.5 Å². The average molecular weight is 445 g/mol.